The van der Waals surface area contributed by atoms with Gasteiger partial charge < -0.3 is 15.2 Å². The Kier molecular flexibility index (Phi) is 6.96. The molecule has 0 bridgehead atoms. The minimum absolute atomic E-state index is 0.0107. The van der Waals surface area contributed by atoms with Gasteiger partial charge in [-0.05, 0) is 36.0 Å². The molecule has 1 heterocycles. The summed E-state index contributed by atoms with van der Waals surface area (Å²) < 4.78 is 5.83. The van der Waals surface area contributed by atoms with Crippen molar-refractivity contribution in [1.82, 2.24) is 5.32 Å². The second-order valence-electron chi connectivity index (χ2n) is 5.33. The molecule has 0 aromatic heterocycles. The first-order chi connectivity index (χ1) is 10.7. The van der Waals surface area contributed by atoms with Crippen molar-refractivity contribution in [3.05, 3.63) is 42.0 Å². The summed E-state index contributed by atoms with van der Waals surface area (Å²) in [4.78, 5) is 12.0. The zero-order chi connectivity index (χ0) is 15.7. The smallest absolute Gasteiger partial charge is 0.244 e. The first kappa shape index (κ1) is 17.1. The number of amides is 1. The van der Waals surface area contributed by atoms with Gasteiger partial charge in [0.15, 0.2) is 0 Å². The lowest BCUT2D eigenvalue weighted by molar-refractivity contribution is -0.119. The molecule has 0 aliphatic carbocycles. The van der Waals surface area contributed by atoms with E-state index in [-0.39, 0.29) is 18.1 Å². The molecule has 0 radical (unpaired) electrons. The molecule has 22 heavy (non-hydrogen) atoms. The Morgan fingerprint density at radius 1 is 1.32 bits per heavy atom. The minimum atomic E-state index is -0.329. The van der Waals surface area contributed by atoms with Gasteiger partial charge in [-0.1, -0.05) is 30.3 Å². The molecule has 2 N–H and O–H groups in total. The third kappa shape index (κ3) is 5.48. The Balaban J connectivity index is 1.85. The maximum atomic E-state index is 12.0. The van der Waals surface area contributed by atoms with E-state index in [1.165, 1.54) is 0 Å². The van der Waals surface area contributed by atoms with Crippen LogP contribution in [0.4, 0.5) is 0 Å². The van der Waals surface area contributed by atoms with Crippen LogP contribution in [0.15, 0.2) is 36.4 Å². The molecule has 1 aliphatic rings. The van der Waals surface area contributed by atoms with E-state index in [4.69, 9.17) is 9.84 Å². The Labute approximate surface area is 135 Å². The molecule has 1 aromatic carbocycles. The maximum absolute atomic E-state index is 12.0. The van der Waals surface area contributed by atoms with Gasteiger partial charge in [-0.3, -0.25) is 4.79 Å². The summed E-state index contributed by atoms with van der Waals surface area (Å²) >= 11 is 1.90. The number of carbonyl (C=O) groups excluding carboxylic acids is 1. The first-order valence-corrected chi connectivity index (χ1v) is 8.73. The fourth-order valence-corrected chi connectivity index (χ4v) is 3.66. The van der Waals surface area contributed by atoms with Crippen LogP contribution >= 0.6 is 11.8 Å². The molecule has 1 amide bonds. The van der Waals surface area contributed by atoms with Crippen molar-refractivity contribution in [3.8, 4) is 0 Å². The molecule has 1 fully saturated rings. The van der Waals surface area contributed by atoms with Gasteiger partial charge in [-0.25, -0.2) is 0 Å². The average Bonchev–Trinajstić information content (AvgIpc) is 2.58. The average molecular weight is 321 g/mol. The molecule has 0 unspecified atom stereocenters. The molecule has 5 heteroatoms. The highest BCUT2D eigenvalue weighted by molar-refractivity contribution is 7.99. The molecule has 1 aliphatic heterocycles. The van der Waals surface area contributed by atoms with Crippen molar-refractivity contribution in [2.75, 3.05) is 31.3 Å². The summed E-state index contributed by atoms with van der Waals surface area (Å²) in [6.45, 7) is 0.822. The molecule has 1 aromatic rings. The Morgan fingerprint density at radius 2 is 2.05 bits per heavy atom. The number of nitrogens with one attached hydrogen (secondary N) is 1. The van der Waals surface area contributed by atoms with E-state index >= 15 is 0 Å². The lowest BCUT2D eigenvalue weighted by atomic mass is 9.96. The molecule has 0 atom stereocenters. The number of aliphatic hydroxyl groups excluding tert-OH is 1. The largest absolute Gasteiger partial charge is 0.394 e. The fourth-order valence-electron chi connectivity index (χ4n) is 2.42. The summed E-state index contributed by atoms with van der Waals surface area (Å²) in [7, 11) is 0. The second-order valence-corrected chi connectivity index (χ2v) is 6.55. The van der Waals surface area contributed by atoms with Crippen LogP contribution < -0.4 is 5.32 Å². The van der Waals surface area contributed by atoms with Gasteiger partial charge in [0.1, 0.15) is 0 Å². The van der Waals surface area contributed by atoms with Gasteiger partial charge in [-0.2, -0.15) is 11.8 Å². The third-order valence-electron chi connectivity index (χ3n) is 3.72. The monoisotopic (exact) mass is 321 g/mol. The summed E-state index contributed by atoms with van der Waals surface area (Å²) in [6.07, 6.45) is 5.15. The van der Waals surface area contributed by atoms with E-state index in [1.807, 2.05) is 42.1 Å². The van der Waals surface area contributed by atoms with Gasteiger partial charge in [0.25, 0.3) is 0 Å². The molecular weight excluding hydrogens is 298 g/mol. The minimum Gasteiger partial charge on any atom is -0.394 e. The van der Waals surface area contributed by atoms with Gasteiger partial charge in [0, 0.05) is 12.6 Å². The summed E-state index contributed by atoms with van der Waals surface area (Å²) in [5.74, 6) is 1.94. The van der Waals surface area contributed by atoms with E-state index in [9.17, 15) is 4.79 Å². The van der Waals surface area contributed by atoms with Crippen molar-refractivity contribution in [2.45, 2.75) is 18.4 Å². The van der Waals surface area contributed by atoms with E-state index in [0.717, 1.165) is 29.9 Å². The Morgan fingerprint density at radius 3 is 2.73 bits per heavy atom. The van der Waals surface area contributed by atoms with Crippen molar-refractivity contribution in [2.24, 2.45) is 0 Å². The van der Waals surface area contributed by atoms with Gasteiger partial charge >= 0.3 is 0 Å². The number of hydrogen-bond donors (Lipinski definition) is 2. The number of ether oxygens (including phenoxy) is 1. The number of rotatable bonds is 7. The van der Waals surface area contributed by atoms with E-state index in [0.29, 0.717) is 13.2 Å². The number of thioether (sulfide) groups is 1. The van der Waals surface area contributed by atoms with E-state index in [2.05, 4.69) is 5.32 Å². The quantitative estimate of drug-likeness (QED) is 0.755. The molecule has 0 saturated carbocycles. The van der Waals surface area contributed by atoms with Gasteiger partial charge in [0.2, 0.25) is 5.91 Å². The zero-order valence-electron chi connectivity index (χ0n) is 12.7. The predicted octanol–water partition coefficient (Wildman–Crippen LogP) is 2.09. The van der Waals surface area contributed by atoms with E-state index in [1.54, 1.807) is 12.2 Å². The van der Waals surface area contributed by atoms with Crippen LogP contribution in [0, 0.1) is 0 Å². The topological polar surface area (TPSA) is 58.6 Å². The van der Waals surface area contributed by atoms with Crippen LogP contribution in [0.3, 0.4) is 0 Å². The molecule has 1 saturated heterocycles. The second kappa shape index (κ2) is 8.98. The van der Waals surface area contributed by atoms with Crippen LogP contribution in [0.1, 0.15) is 18.4 Å². The highest BCUT2D eigenvalue weighted by Gasteiger charge is 2.33. The maximum Gasteiger partial charge on any atom is 0.244 e. The Hall–Kier alpha value is -1.30. The number of carbonyl (C=O) groups is 1. The normalized spacial score (nSPS) is 17.5. The molecular formula is C17H23NO3S. The lowest BCUT2D eigenvalue weighted by Gasteiger charge is -2.36. The molecule has 120 valence electrons. The lowest BCUT2D eigenvalue weighted by Crippen LogP contribution is -2.47. The van der Waals surface area contributed by atoms with Crippen molar-refractivity contribution < 1.29 is 14.6 Å². The summed E-state index contributed by atoms with van der Waals surface area (Å²) in [5, 5.41) is 11.9. The van der Waals surface area contributed by atoms with Crippen LogP contribution in [0.5, 0.6) is 0 Å². The fraction of sp³-hybridized carbons (Fsp3) is 0.471. The van der Waals surface area contributed by atoms with Crippen LogP contribution in [0.25, 0.3) is 6.08 Å². The molecule has 2 rings (SSSR count). The van der Waals surface area contributed by atoms with E-state index < -0.39 is 0 Å². The zero-order valence-corrected chi connectivity index (χ0v) is 13.5. The highest BCUT2D eigenvalue weighted by Crippen LogP contribution is 2.29. The van der Waals surface area contributed by atoms with Gasteiger partial charge in [-0.15, -0.1) is 0 Å². The third-order valence-corrected chi connectivity index (χ3v) is 4.70. The summed E-state index contributed by atoms with van der Waals surface area (Å²) in [5.41, 5.74) is 0.669. The van der Waals surface area contributed by atoms with Gasteiger partial charge in [0.05, 0.1) is 18.8 Å². The molecule has 0 spiro atoms. The Bertz CT molecular complexity index is 484. The first-order valence-electron chi connectivity index (χ1n) is 7.58. The van der Waals surface area contributed by atoms with Crippen molar-refractivity contribution in [3.63, 3.8) is 0 Å². The van der Waals surface area contributed by atoms with Crippen LogP contribution in [-0.2, 0) is 9.53 Å². The standard InChI is InChI=1S/C17H23NO3S/c19-10-11-21-17(8-12-22-13-9-17)14-18-16(20)7-6-15-4-2-1-3-5-15/h1-7,19H,8-14H2,(H,18,20). The predicted molar refractivity (Wildman–Crippen MR) is 90.8 cm³/mol. The molecule has 4 nitrogen and oxygen atoms in total. The van der Waals surface area contributed by atoms with Crippen LogP contribution in [-0.4, -0.2) is 47.9 Å². The highest BCUT2D eigenvalue weighted by atomic mass is 32.2. The summed E-state index contributed by atoms with van der Waals surface area (Å²) in [6, 6.07) is 9.73. The van der Waals surface area contributed by atoms with Crippen LogP contribution in [0.2, 0.25) is 0 Å². The number of hydrogen-bond acceptors (Lipinski definition) is 4. The number of benzene rings is 1. The van der Waals surface area contributed by atoms with Crippen molar-refractivity contribution >= 4 is 23.7 Å². The van der Waals surface area contributed by atoms with Crippen molar-refractivity contribution in [1.29, 1.82) is 0 Å². The number of aliphatic hydroxyl groups is 1. The SMILES string of the molecule is O=C(C=Cc1ccccc1)NCC1(OCCO)CCSCC1.